The molecule has 0 spiro atoms. The van der Waals surface area contributed by atoms with E-state index in [1.54, 1.807) is 18.2 Å². The fourth-order valence-electron chi connectivity index (χ4n) is 2.97. The van der Waals surface area contributed by atoms with E-state index in [9.17, 15) is 9.59 Å². The molecule has 0 aliphatic carbocycles. The molecule has 0 aliphatic heterocycles. The Hall–Kier alpha value is -2.59. The third-order valence-corrected chi connectivity index (χ3v) is 4.49. The third kappa shape index (κ3) is 3.30. The van der Waals surface area contributed by atoms with E-state index in [-0.39, 0.29) is 28.1 Å². The quantitative estimate of drug-likeness (QED) is 0.638. The minimum Gasteiger partial charge on any atom is -0.405 e. The fraction of sp³-hybridized carbons (Fsp3) is 0.200. The molecular weight excluding hydrogens is 338 g/mol. The highest BCUT2D eigenvalue weighted by molar-refractivity contribution is 6.36. The van der Waals surface area contributed by atoms with Gasteiger partial charge in [-0.05, 0) is 25.0 Å². The average Bonchev–Trinajstić information content (AvgIpc) is 2.60. The van der Waals surface area contributed by atoms with Crippen molar-refractivity contribution in [2.75, 3.05) is 5.32 Å². The molecule has 5 heteroatoms. The van der Waals surface area contributed by atoms with Gasteiger partial charge in [0.2, 0.25) is 5.88 Å². The van der Waals surface area contributed by atoms with Crippen LogP contribution in [0.3, 0.4) is 0 Å². The van der Waals surface area contributed by atoms with Gasteiger partial charge in [0.15, 0.2) is 5.78 Å². The first-order valence-corrected chi connectivity index (χ1v) is 8.48. The Morgan fingerprint density at radius 2 is 1.88 bits per heavy atom. The van der Waals surface area contributed by atoms with Crippen LogP contribution in [0, 0.1) is 0 Å². The Bertz CT molecular complexity index is 979. The molecule has 0 amide bonds. The predicted molar refractivity (Wildman–Crippen MR) is 101 cm³/mol. The van der Waals surface area contributed by atoms with Gasteiger partial charge in [-0.3, -0.25) is 4.79 Å². The van der Waals surface area contributed by atoms with Gasteiger partial charge >= 0.3 is 5.63 Å². The lowest BCUT2D eigenvalue weighted by Crippen LogP contribution is -2.16. The molecule has 2 aromatic carbocycles. The molecule has 0 saturated carbocycles. The number of Topliss-reactive ketones (excluding diaryl/α,β-unsaturated/α-hetero) is 1. The first-order valence-electron chi connectivity index (χ1n) is 8.10. The summed E-state index contributed by atoms with van der Waals surface area (Å²) in [5.74, 6) is -0.00981. The van der Waals surface area contributed by atoms with Gasteiger partial charge in [0.05, 0.1) is 22.0 Å². The molecular formula is C20H18ClNO3. The molecule has 0 saturated heterocycles. The van der Waals surface area contributed by atoms with Gasteiger partial charge in [0, 0.05) is 5.39 Å². The van der Waals surface area contributed by atoms with Crippen molar-refractivity contribution in [1.29, 1.82) is 0 Å². The Balaban J connectivity index is 2.17. The van der Waals surface area contributed by atoms with Crippen LogP contribution < -0.4 is 10.9 Å². The van der Waals surface area contributed by atoms with Crippen molar-refractivity contribution < 1.29 is 9.21 Å². The molecule has 1 heterocycles. The molecule has 0 bridgehead atoms. The first-order chi connectivity index (χ1) is 12.0. The maximum Gasteiger partial charge on any atom is 0.346 e. The topological polar surface area (TPSA) is 59.3 Å². The molecule has 128 valence electrons. The lowest BCUT2D eigenvalue weighted by molar-refractivity contribution is 0.101. The second-order valence-electron chi connectivity index (χ2n) is 5.83. The highest BCUT2D eigenvalue weighted by atomic mass is 35.5. The van der Waals surface area contributed by atoms with E-state index in [2.05, 4.69) is 5.32 Å². The minimum atomic E-state index is -0.559. The number of hydrogen-bond acceptors (Lipinski definition) is 4. The van der Waals surface area contributed by atoms with E-state index in [1.165, 1.54) is 6.92 Å². The zero-order valence-corrected chi connectivity index (χ0v) is 14.8. The van der Waals surface area contributed by atoms with E-state index >= 15 is 0 Å². The van der Waals surface area contributed by atoms with Crippen molar-refractivity contribution >= 4 is 34.0 Å². The number of fused-ring (bicyclic) bond motifs is 1. The Morgan fingerprint density at radius 3 is 2.52 bits per heavy atom. The van der Waals surface area contributed by atoms with Crippen LogP contribution in [0.1, 0.15) is 42.2 Å². The molecule has 25 heavy (non-hydrogen) atoms. The summed E-state index contributed by atoms with van der Waals surface area (Å²) in [4.78, 5) is 24.7. The summed E-state index contributed by atoms with van der Waals surface area (Å²) in [7, 11) is 0. The Morgan fingerprint density at radius 1 is 1.16 bits per heavy atom. The summed E-state index contributed by atoms with van der Waals surface area (Å²) in [6.45, 7) is 3.47. The second-order valence-corrected chi connectivity index (χ2v) is 6.24. The Labute approximate surface area is 150 Å². The van der Waals surface area contributed by atoms with Crippen LogP contribution in [0.4, 0.5) is 5.88 Å². The highest BCUT2D eigenvalue weighted by Gasteiger charge is 2.21. The molecule has 0 fully saturated rings. The molecule has 3 rings (SSSR count). The molecule has 4 nitrogen and oxygen atoms in total. The summed E-state index contributed by atoms with van der Waals surface area (Å²) in [6, 6.07) is 14.8. The maximum absolute atomic E-state index is 12.4. The largest absolute Gasteiger partial charge is 0.405 e. The van der Waals surface area contributed by atoms with E-state index in [0.29, 0.717) is 10.9 Å². The zero-order chi connectivity index (χ0) is 18.0. The number of benzene rings is 2. The number of carbonyl (C=O) groups is 1. The van der Waals surface area contributed by atoms with Gasteiger partial charge < -0.3 is 9.73 Å². The van der Waals surface area contributed by atoms with Crippen molar-refractivity contribution in [2.45, 2.75) is 26.3 Å². The molecule has 1 atom stereocenters. The number of anilines is 1. The van der Waals surface area contributed by atoms with Crippen LogP contribution in [0.2, 0.25) is 5.02 Å². The van der Waals surface area contributed by atoms with E-state index in [0.717, 1.165) is 12.0 Å². The first kappa shape index (κ1) is 17.2. The number of halogens is 1. The number of hydrogen-bond donors (Lipinski definition) is 1. The van der Waals surface area contributed by atoms with Crippen molar-refractivity contribution in [1.82, 2.24) is 0 Å². The van der Waals surface area contributed by atoms with Crippen LogP contribution in [0.15, 0.2) is 57.7 Å². The summed E-state index contributed by atoms with van der Waals surface area (Å²) in [5.41, 5.74) is 0.829. The molecule has 3 aromatic rings. The Kier molecular flexibility index (Phi) is 4.91. The lowest BCUT2D eigenvalue weighted by atomic mass is 10.0. The highest BCUT2D eigenvalue weighted by Crippen LogP contribution is 2.31. The van der Waals surface area contributed by atoms with Crippen LogP contribution in [0.25, 0.3) is 10.8 Å². The van der Waals surface area contributed by atoms with Crippen molar-refractivity contribution in [3.05, 3.63) is 75.1 Å². The summed E-state index contributed by atoms with van der Waals surface area (Å²) in [5, 5.41) is 4.22. The number of carbonyl (C=O) groups excluding carboxylic acids is 1. The predicted octanol–water partition coefficient (Wildman–Crippen LogP) is 5.21. The minimum absolute atomic E-state index is 0.0842. The van der Waals surface area contributed by atoms with Gasteiger partial charge in [0.1, 0.15) is 0 Å². The van der Waals surface area contributed by atoms with Crippen LogP contribution in [0.5, 0.6) is 0 Å². The van der Waals surface area contributed by atoms with Crippen molar-refractivity contribution in [3.63, 3.8) is 0 Å². The molecule has 1 aromatic heterocycles. The average molecular weight is 356 g/mol. The summed E-state index contributed by atoms with van der Waals surface area (Å²) >= 11 is 6.13. The molecule has 0 radical (unpaired) electrons. The van der Waals surface area contributed by atoms with Crippen molar-refractivity contribution in [2.24, 2.45) is 0 Å². The van der Waals surface area contributed by atoms with E-state index in [1.807, 2.05) is 37.3 Å². The third-order valence-electron chi connectivity index (χ3n) is 4.18. The van der Waals surface area contributed by atoms with Gasteiger partial charge in [-0.25, -0.2) is 4.79 Å². The molecule has 1 unspecified atom stereocenters. The van der Waals surface area contributed by atoms with Crippen LogP contribution >= 0.6 is 11.6 Å². The zero-order valence-electron chi connectivity index (χ0n) is 14.0. The SMILES string of the molecule is CCC(Nc1oc(=O)c2c(Cl)cccc2c1C(C)=O)c1ccccc1. The number of rotatable bonds is 5. The summed E-state index contributed by atoms with van der Waals surface area (Å²) < 4.78 is 5.45. The van der Waals surface area contributed by atoms with E-state index in [4.69, 9.17) is 16.0 Å². The maximum atomic E-state index is 12.4. The number of ketones is 1. The standard InChI is InChI=1S/C20H18ClNO3/c1-3-16(13-8-5-4-6-9-13)22-19-17(12(2)23)14-10-7-11-15(21)18(14)20(24)25-19/h4-11,16,22H,3H2,1-2H3. The van der Waals surface area contributed by atoms with Gasteiger partial charge in [-0.15, -0.1) is 0 Å². The fourth-order valence-corrected chi connectivity index (χ4v) is 3.22. The lowest BCUT2D eigenvalue weighted by Gasteiger charge is -2.19. The smallest absolute Gasteiger partial charge is 0.346 e. The van der Waals surface area contributed by atoms with Crippen molar-refractivity contribution in [3.8, 4) is 0 Å². The molecule has 0 aliphatic rings. The van der Waals surface area contributed by atoms with Gasteiger partial charge in [0.25, 0.3) is 0 Å². The molecule has 1 N–H and O–H groups in total. The van der Waals surface area contributed by atoms with Crippen LogP contribution in [-0.4, -0.2) is 5.78 Å². The van der Waals surface area contributed by atoms with Crippen LogP contribution in [-0.2, 0) is 0 Å². The van der Waals surface area contributed by atoms with E-state index < -0.39 is 5.63 Å². The second kappa shape index (κ2) is 7.11. The number of nitrogens with one attached hydrogen (secondary N) is 1. The normalized spacial score (nSPS) is 12.1. The van der Waals surface area contributed by atoms with Gasteiger partial charge in [-0.2, -0.15) is 0 Å². The van der Waals surface area contributed by atoms with Gasteiger partial charge in [-0.1, -0.05) is 61.0 Å². The summed E-state index contributed by atoms with van der Waals surface area (Å²) in [6.07, 6.45) is 0.763. The monoisotopic (exact) mass is 355 g/mol.